The van der Waals surface area contributed by atoms with Crippen LogP contribution in [0.15, 0.2) is 0 Å². The van der Waals surface area contributed by atoms with Gasteiger partial charge < -0.3 is 21.7 Å². The Bertz CT molecular complexity index is 54.4. The second-order valence-electron chi connectivity index (χ2n) is 2.06. The minimum atomic E-state index is 0. The molecule has 1 nitrogen and oxygen atoms in total. The molecule has 1 aliphatic heterocycles. The maximum atomic E-state index is 5.14. The zero-order valence-corrected chi connectivity index (χ0v) is 7.90. The summed E-state index contributed by atoms with van der Waals surface area (Å²) in [5.41, 5.74) is 0.939. The Morgan fingerprint density at radius 1 is 1.25 bits per heavy atom. The van der Waals surface area contributed by atoms with E-state index in [0.717, 1.165) is 18.9 Å². The maximum absolute atomic E-state index is 5.14. The lowest BCUT2D eigenvalue weighted by atomic mass is 10.2. The smallest absolute Gasteiger partial charge is 0.0674 e. The summed E-state index contributed by atoms with van der Waals surface area (Å²) in [7, 11) is 2.10. The molecule has 0 radical (unpaired) electrons. The third-order valence-corrected chi connectivity index (χ3v) is 2.16. The van der Waals surface area contributed by atoms with E-state index >= 15 is 0 Å². The van der Waals surface area contributed by atoms with Crippen LogP contribution in [-0.2, 0) is 4.74 Å². The van der Waals surface area contributed by atoms with Gasteiger partial charge in [-0.15, -0.1) is 0 Å². The molecule has 0 aromatic rings. The topological polar surface area (TPSA) is 9.23 Å². The molecule has 0 aliphatic carbocycles. The van der Waals surface area contributed by atoms with Crippen LogP contribution in [0.1, 0.15) is 12.8 Å². The van der Waals surface area contributed by atoms with Crippen LogP contribution in [0.3, 0.4) is 0 Å². The van der Waals surface area contributed by atoms with Crippen LogP contribution in [-0.4, -0.2) is 18.9 Å². The Labute approximate surface area is 63.1 Å². The van der Waals surface area contributed by atoms with Gasteiger partial charge in [-0.25, -0.2) is 0 Å². The predicted molar refractivity (Wildman–Crippen MR) is 34.9 cm³/mol. The number of halogens is 1. The van der Waals surface area contributed by atoms with Crippen molar-refractivity contribution >= 4 is 9.24 Å². The first-order valence-electron chi connectivity index (χ1n) is 2.80. The van der Waals surface area contributed by atoms with Gasteiger partial charge in [-0.2, -0.15) is 0 Å². The largest absolute Gasteiger partial charge is 1.00 e. The van der Waals surface area contributed by atoms with E-state index < -0.39 is 0 Å². The highest BCUT2D eigenvalue weighted by molar-refractivity contribution is 7.17. The van der Waals surface area contributed by atoms with Gasteiger partial charge in [0.1, 0.15) is 0 Å². The first kappa shape index (κ1) is 8.87. The van der Waals surface area contributed by atoms with Crippen molar-refractivity contribution in [3.05, 3.63) is 0 Å². The van der Waals surface area contributed by atoms with Gasteiger partial charge in [-0.3, -0.25) is 0 Å². The highest BCUT2D eigenvalue weighted by Gasteiger charge is 2.10. The van der Waals surface area contributed by atoms with Gasteiger partial charge in [-0.1, -0.05) is 0 Å². The van der Waals surface area contributed by atoms with Crippen LogP contribution in [0.2, 0.25) is 0 Å². The average Bonchev–Trinajstić information content (AvgIpc) is 1.69. The second kappa shape index (κ2) is 4.72. The zero-order chi connectivity index (χ0) is 5.11. The summed E-state index contributed by atoms with van der Waals surface area (Å²) < 4.78 is 5.14. The summed E-state index contributed by atoms with van der Waals surface area (Å²) in [5.74, 6) is 0. The normalized spacial score (nSPS) is 22.5. The minimum absolute atomic E-state index is 0. The van der Waals surface area contributed by atoms with E-state index in [9.17, 15) is 0 Å². The van der Waals surface area contributed by atoms with Crippen molar-refractivity contribution in [2.24, 2.45) is 0 Å². The number of hydrogen-bond donors (Lipinski definition) is 0. The van der Waals surface area contributed by atoms with E-state index in [2.05, 4.69) is 9.24 Å². The van der Waals surface area contributed by atoms with E-state index in [1.165, 1.54) is 12.8 Å². The van der Waals surface area contributed by atoms with Crippen molar-refractivity contribution < 1.29 is 21.7 Å². The summed E-state index contributed by atoms with van der Waals surface area (Å²) in [6.45, 7) is 1.99. The van der Waals surface area contributed by atoms with Crippen molar-refractivity contribution in [1.82, 2.24) is 0 Å². The number of rotatable bonds is 0. The molecule has 8 heavy (non-hydrogen) atoms. The summed E-state index contributed by atoms with van der Waals surface area (Å²) in [6.07, 6.45) is 2.55. The molecule has 1 atom stereocenters. The molecule has 0 saturated carbocycles. The van der Waals surface area contributed by atoms with Crippen molar-refractivity contribution in [3.63, 3.8) is 0 Å². The van der Waals surface area contributed by atoms with E-state index in [-0.39, 0.29) is 17.0 Å². The summed E-state index contributed by atoms with van der Waals surface area (Å²) in [6, 6.07) is 0. The average molecular weight is 199 g/mol. The molecule has 0 bridgehead atoms. The molecular weight excluding hydrogens is 187 g/mol. The lowest BCUT2D eigenvalue weighted by molar-refractivity contribution is -0.00000243. The number of hydrogen-bond acceptors (Lipinski definition) is 1. The van der Waals surface area contributed by atoms with Gasteiger partial charge in [0, 0.05) is 12.8 Å². The van der Waals surface area contributed by atoms with E-state index in [0.29, 0.717) is 0 Å². The highest BCUT2D eigenvalue weighted by atomic mass is 79.9. The first-order chi connectivity index (χ1) is 3.39. The van der Waals surface area contributed by atoms with Crippen molar-refractivity contribution in [2.45, 2.75) is 18.5 Å². The van der Waals surface area contributed by atoms with Gasteiger partial charge in [0.15, 0.2) is 0 Å². The number of ether oxygens (including phenoxy) is 1. The Kier molecular flexibility index (Phi) is 5.23. The molecule has 0 aromatic carbocycles. The van der Waals surface area contributed by atoms with Gasteiger partial charge in [0.05, 0.1) is 18.9 Å². The Balaban J connectivity index is 0.000000490. The molecule has 3 heteroatoms. The molecule has 1 heterocycles. The predicted octanol–water partition coefficient (Wildman–Crippen LogP) is -2.22. The highest BCUT2D eigenvalue weighted by Crippen LogP contribution is 2.14. The second-order valence-corrected chi connectivity index (χ2v) is 3.21. The molecule has 1 rings (SSSR count). The molecule has 50 valence electrons. The standard InChI is InChI=1S/C5H11OP.BrH/c7-5-1-3-6-4-2-5;/h5H,1-4,7H2;1H. The van der Waals surface area contributed by atoms with Crippen molar-refractivity contribution in [1.29, 1.82) is 0 Å². The molecule has 0 amide bonds. The summed E-state index contributed by atoms with van der Waals surface area (Å²) >= 11 is 0. The molecule has 1 aliphatic rings. The summed E-state index contributed by atoms with van der Waals surface area (Å²) in [4.78, 5) is 0. The SMILES string of the molecule is [Br-].[PH3+]C1CCOCC1. The van der Waals surface area contributed by atoms with Gasteiger partial charge >= 0.3 is 0 Å². The fourth-order valence-electron chi connectivity index (χ4n) is 0.746. The monoisotopic (exact) mass is 198 g/mol. The van der Waals surface area contributed by atoms with Gasteiger partial charge in [0.25, 0.3) is 0 Å². The molecule has 1 unspecified atom stereocenters. The first-order valence-corrected chi connectivity index (χ1v) is 3.62. The molecular formula is C5H12BrOP. The Hall–Kier alpha value is 0.870. The summed E-state index contributed by atoms with van der Waals surface area (Å²) in [5, 5.41) is 0. The van der Waals surface area contributed by atoms with E-state index in [1.54, 1.807) is 0 Å². The van der Waals surface area contributed by atoms with Crippen LogP contribution < -0.4 is 17.0 Å². The zero-order valence-electron chi connectivity index (χ0n) is 4.90. The molecule has 0 spiro atoms. The quantitative estimate of drug-likeness (QED) is 0.401. The van der Waals surface area contributed by atoms with Crippen molar-refractivity contribution in [3.8, 4) is 0 Å². The van der Waals surface area contributed by atoms with Gasteiger partial charge in [0.2, 0.25) is 0 Å². The van der Waals surface area contributed by atoms with E-state index in [1.807, 2.05) is 0 Å². The molecule has 0 aromatic heterocycles. The third-order valence-electron chi connectivity index (χ3n) is 1.34. The van der Waals surface area contributed by atoms with Crippen LogP contribution >= 0.6 is 9.24 Å². The Morgan fingerprint density at radius 2 is 1.75 bits per heavy atom. The fraction of sp³-hybridized carbons (Fsp3) is 1.00. The van der Waals surface area contributed by atoms with Crippen LogP contribution in [0.4, 0.5) is 0 Å². The van der Waals surface area contributed by atoms with Crippen LogP contribution in [0.5, 0.6) is 0 Å². The maximum Gasteiger partial charge on any atom is 0.0674 e. The van der Waals surface area contributed by atoms with Gasteiger partial charge in [-0.05, 0) is 9.24 Å². The van der Waals surface area contributed by atoms with Crippen LogP contribution in [0.25, 0.3) is 0 Å². The lowest BCUT2D eigenvalue weighted by Gasteiger charge is -2.13. The molecule has 1 fully saturated rings. The Morgan fingerprint density at radius 3 is 2.00 bits per heavy atom. The van der Waals surface area contributed by atoms with Crippen LogP contribution in [0, 0.1) is 0 Å². The van der Waals surface area contributed by atoms with E-state index in [4.69, 9.17) is 4.74 Å². The fourth-order valence-corrected chi connectivity index (χ4v) is 1.08. The third kappa shape index (κ3) is 3.01. The van der Waals surface area contributed by atoms with Crippen molar-refractivity contribution in [2.75, 3.05) is 13.2 Å². The minimum Gasteiger partial charge on any atom is -1.00 e. The molecule has 0 N–H and O–H groups in total. The lowest BCUT2D eigenvalue weighted by Crippen LogP contribution is -3.00. The molecule has 1 saturated heterocycles.